The minimum atomic E-state index is -0.455. The number of ether oxygens (including phenoxy) is 3. The Kier molecular flexibility index (Phi) is 7.55. The molecular weight excluding hydrogens is 507 g/mol. The molecule has 5 rings (SSSR count). The van der Waals surface area contributed by atoms with Crippen LogP contribution in [0.25, 0.3) is 10.9 Å². The first-order valence-electron chi connectivity index (χ1n) is 12.7. The van der Waals surface area contributed by atoms with Gasteiger partial charge in [0.1, 0.15) is 12.4 Å². The van der Waals surface area contributed by atoms with Gasteiger partial charge in [-0.15, -0.1) is 5.10 Å². The Balaban J connectivity index is 1.54. The third-order valence-electron chi connectivity index (χ3n) is 6.52. The quantitative estimate of drug-likeness (QED) is 0.304. The average molecular weight is 537 g/mol. The second kappa shape index (κ2) is 11.2. The zero-order chi connectivity index (χ0) is 27.5. The van der Waals surface area contributed by atoms with Crippen LogP contribution in [0.4, 0.5) is 4.39 Å². The molecular formula is C27H29FN6O5. The number of carbonyl (C=O) groups is 1. The Bertz CT molecular complexity index is 1530. The summed E-state index contributed by atoms with van der Waals surface area (Å²) in [5, 5.41) is 12.9. The van der Waals surface area contributed by atoms with E-state index in [1.165, 1.54) is 16.8 Å². The number of carbonyl (C=O) groups excluding carboxylic acids is 1. The van der Waals surface area contributed by atoms with E-state index in [2.05, 4.69) is 25.4 Å². The van der Waals surface area contributed by atoms with Crippen LogP contribution >= 0.6 is 0 Å². The van der Waals surface area contributed by atoms with E-state index in [4.69, 9.17) is 14.2 Å². The lowest BCUT2D eigenvalue weighted by atomic mass is 9.99. The van der Waals surface area contributed by atoms with Gasteiger partial charge in [-0.25, -0.2) is 9.07 Å². The van der Waals surface area contributed by atoms with Crippen LogP contribution in [0, 0.1) is 11.7 Å². The topological polar surface area (TPSA) is 124 Å². The number of nitrogens with zero attached hydrogens (tertiary/aromatic N) is 5. The highest BCUT2D eigenvalue weighted by Gasteiger charge is 2.31. The molecule has 0 saturated heterocycles. The van der Waals surface area contributed by atoms with Gasteiger partial charge < -0.3 is 19.2 Å². The monoisotopic (exact) mass is 536 g/mol. The number of halogens is 1. The van der Waals surface area contributed by atoms with Gasteiger partial charge in [0, 0.05) is 30.1 Å². The van der Waals surface area contributed by atoms with E-state index >= 15 is 0 Å². The van der Waals surface area contributed by atoms with Gasteiger partial charge in [-0.05, 0) is 53.1 Å². The third kappa shape index (κ3) is 5.75. The first-order chi connectivity index (χ1) is 18.8. The van der Waals surface area contributed by atoms with E-state index in [0.29, 0.717) is 34.9 Å². The van der Waals surface area contributed by atoms with Crippen molar-refractivity contribution >= 4 is 16.9 Å². The van der Waals surface area contributed by atoms with E-state index < -0.39 is 12.0 Å². The van der Waals surface area contributed by atoms with Gasteiger partial charge in [0.15, 0.2) is 17.3 Å². The summed E-state index contributed by atoms with van der Waals surface area (Å²) in [4.78, 5) is 30.5. The second-order valence-corrected chi connectivity index (χ2v) is 9.64. The summed E-state index contributed by atoms with van der Waals surface area (Å²) in [5.74, 6) is 0.836. The van der Waals surface area contributed by atoms with Crippen molar-refractivity contribution in [2.75, 3.05) is 13.4 Å². The first-order valence-corrected chi connectivity index (χ1v) is 12.7. The molecule has 204 valence electrons. The molecule has 1 aliphatic rings. The van der Waals surface area contributed by atoms with Gasteiger partial charge >= 0.3 is 5.97 Å². The molecule has 12 heteroatoms. The van der Waals surface area contributed by atoms with Gasteiger partial charge in [-0.1, -0.05) is 26.0 Å². The minimum absolute atomic E-state index is 0.0225. The number of aromatic nitrogens is 5. The number of tetrazole rings is 1. The highest BCUT2D eigenvalue weighted by atomic mass is 19.1. The van der Waals surface area contributed by atoms with Crippen LogP contribution in [-0.4, -0.2) is 49.5 Å². The summed E-state index contributed by atoms with van der Waals surface area (Å²) >= 11 is 0. The van der Waals surface area contributed by atoms with Crippen molar-refractivity contribution in [3.8, 4) is 11.5 Å². The summed E-state index contributed by atoms with van der Waals surface area (Å²) in [6, 6.07) is 11.2. The molecule has 39 heavy (non-hydrogen) atoms. The molecule has 0 radical (unpaired) electrons. The van der Waals surface area contributed by atoms with Crippen LogP contribution in [0.1, 0.15) is 43.8 Å². The van der Waals surface area contributed by atoms with Crippen LogP contribution in [-0.2, 0) is 29.2 Å². The van der Waals surface area contributed by atoms with Crippen molar-refractivity contribution in [2.24, 2.45) is 5.92 Å². The zero-order valence-electron chi connectivity index (χ0n) is 21.9. The Labute approximate surface area is 223 Å². The van der Waals surface area contributed by atoms with Crippen LogP contribution in [0.5, 0.6) is 11.5 Å². The molecule has 4 aromatic rings. The lowest BCUT2D eigenvalue weighted by Gasteiger charge is -2.33. The molecule has 0 spiro atoms. The summed E-state index contributed by atoms with van der Waals surface area (Å²) < 4.78 is 31.1. The van der Waals surface area contributed by atoms with E-state index in [0.717, 1.165) is 10.9 Å². The summed E-state index contributed by atoms with van der Waals surface area (Å²) in [6.45, 7) is 6.58. The number of hydrogen-bond donors (Lipinski definition) is 1. The van der Waals surface area contributed by atoms with E-state index in [1.807, 2.05) is 26.0 Å². The highest BCUT2D eigenvalue weighted by molar-refractivity contribution is 5.83. The second-order valence-electron chi connectivity index (χ2n) is 9.64. The molecule has 2 aromatic heterocycles. The van der Waals surface area contributed by atoms with Crippen molar-refractivity contribution in [1.82, 2.24) is 30.1 Å². The Morgan fingerprint density at radius 2 is 1.90 bits per heavy atom. The Hall–Kier alpha value is -4.32. The molecule has 0 bridgehead atoms. The van der Waals surface area contributed by atoms with Crippen LogP contribution in [0.3, 0.4) is 0 Å². The van der Waals surface area contributed by atoms with Crippen LogP contribution in [0.15, 0.2) is 47.3 Å². The molecule has 1 N–H and O–H groups in total. The number of esters is 1. The molecule has 11 nitrogen and oxygen atoms in total. The number of H-pyrrole nitrogens is 1. The number of rotatable bonds is 10. The molecule has 0 amide bonds. The van der Waals surface area contributed by atoms with Gasteiger partial charge in [0.05, 0.1) is 18.2 Å². The number of pyridine rings is 1. The standard InChI is InChI=1S/C27H29FN6O5/c1-4-37-24(35)14-34-26(30-31-32-34)25(16(2)3)33(12-17-5-7-20(28)8-6-17)13-19-9-18-10-22-23(39-15-38-22)11-21(18)29-27(19)36/h5-11,16,25H,4,12-15H2,1-3H3,(H,29,36)/t25-/m0/s1. The normalized spacial score (nSPS) is 13.4. The van der Waals surface area contributed by atoms with Gasteiger partial charge in [-0.3, -0.25) is 14.5 Å². The number of aromatic amines is 1. The highest BCUT2D eigenvalue weighted by Crippen LogP contribution is 2.36. The van der Waals surface area contributed by atoms with Crippen molar-refractivity contribution in [3.63, 3.8) is 0 Å². The fourth-order valence-electron chi connectivity index (χ4n) is 4.80. The number of hydrogen-bond acceptors (Lipinski definition) is 9. The summed E-state index contributed by atoms with van der Waals surface area (Å²) in [7, 11) is 0. The van der Waals surface area contributed by atoms with Crippen LogP contribution in [0.2, 0.25) is 0 Å². The van der Waals surface area contributed by atoms with Gasteiger partial charge in [-0.2, -0.15) is 0 Å². The van der Waals surface area contributed by atoms with E-state index in [1.54, 1.807) is 25.1 Å². The Morgan fingerprint density at radius 1 is 1.15 bits per heavy atom. The summed E-state index contributed by atoms with van der Waals surface area (Å²) in [6.07, 6.45) is 0. The molecule has 1 atom stereocenters. The van der Waals surface area contributed by atoms with Crippen molar-refractivity contribution in [1.29, 1.82) is 0 Å². The molecule has 0 unspecified atom stereocenters. The molecule has 2 aromatic carbocycles. The van der Waals surface area contributed by atoms with Crippen molar-refractivity contribution in [2.45, 2.75) is 46.4 Å². The number of nitrogens with one attached hydrogen (secondary N) is 1. The lowest BCUT2D eigenvalue weighted by Crippen LogP contribution is -2.35. The number of benzene rings is 2. The van der Waals surface area contributed by atoms with Crippen LogP contribution < -0.4 is 15.0 Å². The molecule has 0 fully saturated rings. The third-order valence-corrected chi connectivity index (χ3v) is 6.52. The fraction of sp³-hybridized carbons (Fsp3) is 0.370. The smallest absolute Gasteiger partial charge is 0.327 e. The largest absolute Gasteiger partial charge is 0.465 e. The summed E-state index contributed by atoms with van der Waals surface area (Å²) in [5.41, 5.74) is 1.74. The van der Waals surface area contributed by atoms with E-state index in [-0.39, 0.29) is 43.8 Å². The zero-order valence-corrected chi connectivity index (χ0v) is 21.9. The average Bonchev–Trinajstić information content (AvgIpc) is 3.54. The maximum atomic E-state index is 13.7. The van der Waals surface area contributed by atoms with Gasteiger partial charge in [0.25, 0.3) is 5.56 Å². The first kappa shape index (κ1) is 26.3. The Morgan fingerprint density at radius 3 is 2.62 bits per heavy atom. The van der Waals surface area contributed by atoms with Crippen molar-refractivity contribution < 1.29 is 23.4 Å². The number of fused-ring (bicyclic) bond motifs is 2. The molecule has 1 aliphatic heterocycles. The SMILES string of the molecule is CCOC(=O)Cn1nnnc1[C@H](C(C)C)N(Cc1ccc(F)cc1)Cc1cc2cc3c(cc2[nH]c1=O)OCO3. The maximum absolute atomic E-state index is 13.7. The van der Waals surface area contributed by atoms with Gasteiger partial charge in [0.2, 0.25) is 6.79 Å². The molecule has 0 saturated carbocycles. The predicted molar refractivity (Wildman–Crippen MR) is 138 cm³/mol. The molecule has 0 aliphatic carbocycles. The minimum Gasteiger partial charge on any atom is -0.465 e. The molecule has 3 heterocycles. The lowest BCUT2D eigenvalue weighted by molar-refractivity contribution is -0.144. The van der Waals surface area contributed by atoms with E-state index in [9.17, 15) is 14.0 Å². The maximum Gasteiger partial charge on any atom is 0.327 e. The van der Waals surface area contributed by atoms with Crippen molar-refractivity contribution in [3.05, 3.63) is 75.6 Å². The predicted octanol–water partition coefficient (Wildman–Crippen LogP) is 3.35. The fourth-order valence-corrected chi connectivity index (χ4v) is 4.80.